The van der Waals surface area contributed by atoms with Gasteiger partial charge in [-0.05, 0) is 56.1 Å². The van der Waals surface area contributed by atoms with Crippen LogP contribution in [0.5, 0.6) is 0 Å². The van der Waals surface area contributed by atoms with Gasteiger partial charge in [0.15, 0.2) is 5.82 Å². The lowest BCUT2D eigenvalue weighted by Gasteiger charge is -2.23. The summed E-state index contributed by atoms with van der Waals surface area (Å²) < 4.78 is 0. The molecule has 26 heavy (non-hydrogen) atoms. The van der Waals surface area contributed by atoms with Crippen LogP contribution in [0.2, 0.25) is 0 Å². The summed E-state index contributed by atoms with van der Waals surface area (Å²) in [6, 6.07) is 11.7. The van der Waals surface area contributed by atoms with Crippen LogP contribution in [0.15, 0.2) is 55.0 Å². The molecule has 6 heteroatoms. The first-order valence-electron chi connectivity index (χ1n) is 9.04. The predicted octanol–water partition coefficient (Wildman–Crippen LogP) is 3.01. The van der Waals surface area contributed by atoms with Crippen LogP contribution in [-0.4, -0.2) is 39.6 Å². The van der Waals surface area contributed by atoms with E-state index < -0.39 is 0 Å². The van der Waals surface area contributed by atoms with Crippen molar-refractivity contribution in [1.82, 2.24) is 25.3 Å². The Morgan fingerprint density at radius 2 is 1.92 bits per heavy atom. The van der Waals surface area contributed by atoms with E-state index in [-0.39, 0.29) is 0 Å². The molecule has 4 rings (SSSR count). The van der Waals surface area contributed by atoms with E-state index in [1.807, 2.05) is 36.4 Å². The molecule has 0 unspecified atom stereocenters. The molecule has 0 aliphatic carbocycles. The maximum atomic E-state index is 4.71. The Balaban J connectivity index is 1.64. The fraction of sp³-hybridized carbons (Fsp3) is 0.300. The predicted molar refractivity (Wildman–Crippen MR) is 103 cm³/mol. The molecule has 0 amide bonds. The van der Waals surface area contributed by atoms with Crippen molar-refractivity contribution in [3.63, 3.8) is 0 Å². The van der Waals surface area contributed by atoms with Gasteiger partial charge < -0.3 is 10.6 Å². The standard InChI is InChI=1S/C20H22N6/c1-2-9-23-17(5-1)18-12-19(24-13-15-6-10-21-11-7-15)26-20(25-18)16-4-3-8-22-14-16/h1-5,8-9,12,14-15,21H,6-7,10-11,13H2,(H,24,25,26). The Bertz CT molecular complexity index is 774. The lowest BCUT2D eigenvalue weighted by molar-refractivity contribution is 0.389. The van der Waals surface area contributed by atoms with Gasteiger partial charge >= 0.3 is 0 Å². The van der Waals surface area contributed by atoms with Crippen molar-refractivity contribution < 1.29 is 0 Å². The molecule has 0 saturated carbocycles. The first-order valence-corrected chi connectivity index (χ1v) is 9.04. The third-order valence-electron chi connectivity index (χ3n) is 4.60. The van der Waals surface area contributed by atoms with E-state index in [1.165, 1.54) is 12.8 Å². The van der Waals surface area contributed by atoms with E-state index in [0.717, 1.165) is 42.4 Å². The number of nitrogens with zero attached hydrogens (tertiary/aromatic N) is 4. The zero-order valence-corrected chi connectivity index (χ0v) is 14.6. The van der Waals surface area contributed by atoms with E-state index in [0.29, 0.717) is 11.7 Å². The number of pyridine rings is 2. The Labute approximate surface area is 153 Å². The molecular weight excluding hydrogens is 324 g/mol. The second-order valence-corrected chi connectivity index (χ2v) is 6.49. The molecule has 0 atom stereocenters. The lowest BCUT2D eigenvalue weighted by atomic mass is 9.98. The molecule has 2 N–H and O–H groups in total. The normalized spacial score (nSPS) is 14.9. The van der Waals surface area contributed by atoms with Crippen LogP contribution in [0.1, 0.15) is 12.8 Å². The van der Waals surface area contributed by atoms with Gasteiger partial charge in [-0.15, -0.1) is 0 Å². The third kappa shape index (κ3) is 4.03. The van der Waals surface area contributed by atoms with Gasteiger partial charge in [-0.1, -0.05) is 6.07 Å². The van der Waals surface area contributed by atoms with Gasteiger partial charge in [0.05, 0.1) is 11.4 Å². The zero-order chi connectivity index (χ0) is 17.6. The van der Waals surface area contributed by atoms with Crippen molar-refractivity contribution in [3.8, 4) is 22.8 Å². The van der Waals surface area contributed by atoms with Crippen molar-refractivity contribution in [3.05, 3.63) is 55.0 Å². The molecule has 1 aliphatic heterocycles. The fourth-order valence-corrected chi connectivity index (χ4v) is 3.14. The van der Waals surface area contributed by atoms with Crippen molar-refractivity contribution in [2.75, 3.05) is 25.0 Å². The van der Waals surface area contributed by atoms with E-state index in [1.54, 1.807) is 18.6 Å². The highest BCUT2D eigenvalue weighted by atomic mass is 15.0. The highest BCUT2D eigenvalue weighted by Crippen LogP contribution is 2.23. The highest BCUT2D eigenvalue weighted by molar-refractivity contribution is 5.64. The highest BCUT2D eigenvalue weighted by Gasteiger charge is 2.14. The number of piperidine rings is 1. The van der Waals surface area contributed by atoms with Crippen LogP contribution in [0, 0.1) is 5.92 Å². The summed E-state index contributed by atoms with van der Waals surface area (Å²) in [5.74, 6) is 2.17. The maximum absolute atomic E-state index is 4.71. The number of nitrogens with one attached hydrogen (secondary N) is 2. The smallest absolute Gasteiger partial charge is 0.163 e. The SMILES string of the molecule is c1ccc(-c2cc(NCC3CCNCC3)nc(-c3cccnc3)n2)nc1. The summed E-state index contributed by atoms with van der Waals surface area (Å²) in [5.41, 5.74) is 2.55. The van der Waals surface area contributed by atoms with Crippen LogP contribution < -0.4 is 10.6 Å². The van der Waals surface area contributed by atoms with E-state index >= 15 is 0 Å². The van der Waals surface area contributed by atoms with Gasteiger partial charge in [-0.25, -0.2) is 9.97 Å². The van der Waals surface area contributed by atoms with E-state index in [4.69, 9.17) is 9.97 Å². The second kappa shape index (κ2) is 8.01. The number of aromatic nitrogens is 4. The largest absolute Gasteiger partial charge is 0.370 e. The monoisotopic (exact) mass is 346 g/mol. The molecule has 1 aliphatic rings. The summed E-state index contributed by atoms with van der Waals surface area (Å²) in [6.07, 6.45) is 7.71. The third-order valence-corrected chi connectivity index (χ3v) is 4.60. The molecule has 0 radical (unpaired) electrons. The van der Waals surface area contributed by atoms with Gasteiger partial charge in [-0.3, -0.25) is 9.97 Å². The van der Waals surface area contributed by atoms with Gasteiger partial charge in [0.2, 0.25) is 0 Å². The Morgan fingerprint density at radius 1 is 1.00 bits per heavy atom. The molecule has 0 aromatic carbocycles. The first kappa shape index (κ1) is 16.6. The van der Waals surface area contributed by atoms with Crippen LogP contribution in [0.4, 0.5) is 5.82 Å². The second-order valence-electron chi connectivity index (χ2n) is 6.49. The van der Waals surface area contributed by atoms with Gasteiger partial charge in [0.25, 0.3) is 0 Å². The minimum absolute atomic E-state index is 0.661. The summed E-state index contributed by atoms with van der Waals surface area (Å²) in [5, 5.41) is 6.91. The molecule has 1 fully saturated rings. The summed E-state index contributed by atoms with van der Waals surface area (Å²) >= 11 is 0. The number of rotatable bonds is 5. The quantitative estimate of drug-likeness (QED) is 0.740. The van der Waals surface area contributed by atoms with E-state index in [9.17, 15) is 0 Å². The van der Waals surface area contributed by atoms with Crippen molar-refractivity contribution in [1.29, 1.82) is 0 Å². The van der Waals surface area contributed by atoms with Crippen LogP contribution in [0.3, 0.4) is 0 Å². The molecule has 132 valence electrons. The summed E-state index contributed by atoms with van der Waals surface area (Å²) in [7, 11) is 0. The fourth-order valence-electron chi connectivity index (χ4n) is 3.14. The molecular formula is C20H22N6. The summed E-state index contributed by atoms with van der Waals surface area (Å²) in [6.45, 7) is 3.11. The molecule has 0 bridgehead atoms. The Hall–Kier alpha value is -2.86. The minimum Gasteiger partial charge on any atom is -0.370 e. The lowest BCUT2D eigenvalue weighted by Crippen LogP contribution is -2.31. The number of anilines is 1. The van der Waals surface area contributed by atoms with Gasteiger partial charge in [0, 0.05) is 36.8 Å². The van der Waals surface area contributed by atoms with Gasteiger partial charge in [-0.2, -0.15) is 0 Å². The molecule has 4 heterocycles. The first-order chi connectivity index (χ1) is 12.9. The van der Waals surface area contributed by atoms with Gasteiger partial charge in [0.1, 0.15) is 5.82 Å². The van der Waals surface area contributed by atoms with Crippen molar-refractivity contribution in [2.45, 2.75) is 12.8 Å². The Kier molecular flexibility index (Phi) is 5.12. The van der Waals surface area contributed by atoms with E-state index in [2.05, 4.69) is 20.6 Å². The maximum Gasteiger partial charge on any atom is 0.163 e. The molecule has 1 saturated heterocycles. The minimum atomic E-state index is 0.661. The Morgan fingerprint density at radius 3 is 2.69 bits per heavy atom. The average Bonchev–Trinajstić information content (AvgIpc) is 2.74. The average molecular weight is 346 g/mol. The number of hydrogen-bond donors (Lipinski definition) is 2. The van der Waals surface area contributed by atoms with Crippen LogP contribution >= 0.6 is 0 Å². The van der Waals surface area contributed by atoms with Crippen LogP contribution in [-0.2, 0) is 0 Å². The molecule has 3 aromatic heterocycles. The zero-order valence-electron chi connectivity index (χ0n) is 14.6. The van der Waals surface area contributed by atoms with Crippen molar-refractivity contribution in [2.24, 2.45) is 5.92 Å². The topological polar surface area (TPSA) is 75.6 Å². The van der Waals surface area contributed by atoms with Crippen LogP contribution in [0.25, 0.3) is 22.8 Å². The van der Waals surface area contributed by atoms with Crippen molar-refractivity contribution >= 4 is 5.82 Å². The number of hydrogen-bond acceptors (Lipinski definition) is 6. The molecule has 3 aromatic rings. The molecule has 6 nitrogen and oxygen atoms in total. The molecule has 0 spiro atoms. The summed E-state index contributed by atoms with van der Waals surface area (Å²) in [4.78, 5) is 18.0.